The van der Waals surface area contributed by atoms with Crippen LogP contribution in [0.5, 0.6) is 0 Å². The third kappa shape index (κ3) is 2.95. The molecule has 0 N–H and O–H groups in total. The molecule has 0 aromatic carbocycles. The maximum Gasteiger partial charge on any atom is 0.316 e. The highest BCUT2D eigenvalue weighted by molar-refractivity contribution is 5.80. The number of allylic oxidation sites excluding steroid dienone is 3. The van der Waals surface area contributed by atoms with E-state index in [2.05, 4.69) is 13.0 Å². The molecule has 0 aromatic heterocycles. The molecule has 0 bridgehead atoms. The minimum absolute atomic E-state index is 0.0470. The highest BCUT2D eigenvalue weighted by Crippen LogP contribution is 2.35. The first kappa shape index (κ1) is 12.0. The SMILES string of the molecule is CC1=CC(C)(C(=O)OC(C)C)CC(C)=C1. The zero-order chi connectivity index (χ0) is 11.6. The van der Waals surface area contributed by atoms with Crippen molar-refractivity contribution in [1.82, 2.24) is 0 Å². The molecule has 0 spiro atoms. The fraction of sp³-hybridized carbons (Fsp3) is 0.615. The van der Waals surface area contributed by atoms with Gasteiger partial charge < -0.3 is 4.74 Å². The summed E-state index contributed by atoms with van der Waals surface area (Å²) in [6.07, 6.45) is 4.83. The van der Waals surface area contributed by atoms with Crippen molar-refractivity contribution < 1.29 is 9.53 Å². The molecule has 0 aromatic rings. The van der Waals surface area contributed by atoms with Crippen molar-refractivity contribution in [3.63, 3.8) is 0 Å². The van der Waals surface area contributed by atoms with Gasteiger partial charge in [-0.2, -0.15) is 0 Å². The average molecular weight is 208 g/mol. The summed E-state index contributed by atoms with van der Waals surface area (Å²) < 4.78 is 5.28. The second-order valence-electron chi connectivity index (χ2n) is 4.93. The van der Waals surface area contributed by atoms with Crippen molar-refractivity contribution in [2.24, 2.45) is 5.41 Å². The lowest BCUT2D eigenvalue weighted by Crippen LogP contribution is -2.31. The van der Waals surface area contributed by atoms with Gasteiger partial charge in [0.2, 0.25) is 0 Å². The van der Waals surface area contributed by atoms with Crippen LogP contribution >= 0.6 is 0 Å². The van der Waals surface area contributed by atoms with E-state index >= 15 is 0 Å². The van der Waals surface area contributed by atoms with Gasteiger partial charge in [0.25, 0.3) is 0 Å². The highest BCUT2D eigenvalue weighted by atomic mass is 16.5. The minimum atomic E-state index is -0.479. The van der Waals surface area contributed by atoms with Gasteiger partial charge >= 0.3 is 5.97 Å². The number of hydrogen-bond acceptors (Lipinski definition) is 2. The molecule has 0 saturated carbocycles. The van der Waals surface area contributed by atoms with E-state index in [1.807, 2.05) is 33.8 Å². The number of rotatable bonds is 2. The summed E-state index contributed by atoms with van der Waals surface area (Å²) in [5.41, 5.74) is 1.90. The number of carbonyl (C=O) groups excluding carboxylic acids is 1. The molecule has 1 aliphatic carbocycles. The van der Waals surface area contributed by atoms with Gasteiger partial charge in [-0.1, -0.05) is 23.3 Å². The second kappa shape index (κ2) is 4.21. The molecule has 0 radical (unpaired) electrons. The predicted molar refractivity (Wildman–Crippen MR) is 61.5 cm³/mol. The number of hydrogen-bond donors (Lipinski definition) is 0. The number of carbonyl (C=O) groups is 1. The highest BCUT2D eigenvalue weighted by Gasteiger charge is 2.35. The molecule has 1 rings (SSSR count). The largest absolute Gasteiger partial charge is 0.462 e. The molecular weight excluding hydrogens is 188 g/mol. The molecule has 0 heterocycles. The van der Waals surface area contributed by atoms with Gasteiger partial charge in [0.1, 0.15) is 0 Å². The van der Waals surface area contributed by atoms with Crippen LogP contribution in [0.3, 0.4) is 0 Å². The Kier molecular flexibility index (Phi) is 3.38. The summed E-state index contributed by atoms with van der Waals surface area (Å²) in [7, 11) is 0. The zero-order valence-corrected chi connectivity index (χ0v) is 10.3. The topological polar surface area (TPSA) is 26.3 Å². The predicted octanol–water partition coefficient (Wildman–Crippen LogP) is 3.24. The molecule has 1 atom stereocenters. The van der Waals surface area contributed by atoms with E-state index in [1.54, 1.807) is 0 Å². The molecule has 84 valence electrons. The summed E-state index contributed by atoms with van der Waals surface area (Å²) in [6.45, 7) is 9.77. The third-order valence-electron chi connectivity index (χ3n) is 2.48. The van der Waals surface area contributed by atoms with Crippen LogP contribution in [0.4, 0.5) is 0 Å². The van der Waals surface area contributed by atoms with Gasteiger partial charge in [0.15, 0.2) is 0 Å². The summed E-state index contributed by atoms with van der Waals surface area (Å²) in [5, 5.41) is 0. The molecule has 2 nitrogen and oxygen atoms in total. The number of ether oxygens (including phenoxy) is 1. The van der Waals surface area contributed by atoms with Crippen LogP contribution in [0.15, 0.2) is 23.3 Å². The van der Waals surface area contributed by atoms with Crippen LogP contribution in [0.1, 0.15) is 41.0 Å². The van der Waals surface area contributed by atoms with Crippen LogP contribution in [0.25, 0.3) is 0 Å². The fourth-order valence-electron chi connectivity index (χ4n) is 2.09. The van der Waals surface area contributed by atoms with Crippen molar-refractivity contribution in [2.75, 3.05) is 0 Å². The normalized spacial score (nSPS) is 26.0. The zero-order valence-electron chi connectivity index (χ0n) is 10.3. The van der Waals surface area contributed by atoms with E-state index in [9.17, 15) is 4.79 Å². The Morgan fingerprint density at radius 2 is 2.07 bits per heavy atom. The first-order chi connectivity index (χ1) is 6.83. The Morgan fingerprint density at radius 3 is 2.53 bits per heavy atom. The average Bonchev–Trinajstić information content (AvgIpc) is 1.99. The van der Waals surface area contributed by atoms with E-state index in [1.165, 1.54) is 5.57 Å². The molecule has 0 fully saturated rings. The van der Waals surface area contributed by atoms with E-state index in [-0.39, 0.29) is 12.1 Å². The van der Waals surface area contributed by atoms with Crippen molar-refractivity contribution in [3.05, 3.63) is 23.3 Å². The summed E-state index contributed by atoms with van der Waals surface area (Å²) in [4.78, 5) is 11.9. The van der Waals surface area contributed by atoms with E-state index in [0.29, 0.717) is 0 Å². The van der Waals surface area contributed by atoms with Crippen molar-refractivity contribution in [2.45, 2.75) is 47.1 Å². The third-order valence-corrected chi connectivity index (χ3v) is 2.48. The van der Waals surface area contributed by atoms with E-state index < -0.39 is 5.41 Å². The molecular formula is C13H20O2. The monoisotopic (exact) mass is 208 g/mol. The molecule has 0 aliphatic heterocycles. The first-order valence-corrected chi connectivity index (χ1v) is 5.41. The lowest BCUT2D eigenvalue weighted by molar-refractivity contribution is -0.156. The molecule has 1 unspecified atom stereocenters. The van der Waals surface area contributed by atoms with Crippen molar-refractivity contribution in [1.29, 1.82) is 0 Å². The lowest BCUT2D eigenvalue weighted by atomic mass is 9.78. The molecule has 0 saturated heterocycles. The molecule has 0 amide bonds. The van der Waals surface area contributed by atoms with Crippen molar-refractivity contribution >= 4 is 5.97 Å². The van der Waals surface area contributed by atoms with Crippen LogP contribution in [0, 0.1) is 5.41 Å². The lowest BCUT2D eigenvalue weighted by Gasteiger charge is -2.29. The van der Waals surface area contributed by atoms with Crippen LogP contribution in [-0.2, 0) is 9.53 Å². The molecule has 2 heteroatoms. The quantitative estimate of drug-likeness (QED) is 0.651. The Bertz CT molecular complexity index is 323. The maximum absolute atomic E-state index is 11.9. The summed E-state index contributed by atoms with van der Waals surface area (Å²) in [6, 6.07) is 0. The van der Waals surface area contributed by atoms with Crippen molar-refractivity contribution in [3.8, 4) is 0 Å². The van der Waals surface area contributed by atoms with Gasteiger partial charge in [0, 0.05) is 0 Å². The minimum Gasteiger partial charge on any atom is -0.462 e. The van der Waals surface area contributed by atoms with Gasteiger partial charge in [-0.15, -0.1) is 0 Å². The standard InChI is InChI=1S/C13H20O2/c1-9(2)15-12(14)13(5)7-10(3)6-11(4)8-13/h6-7,9H,8H2,1-5H3. The Hall–Kier alpha value is -1.05. The van der Waals surface area contributed by atoms with Gasteiger partial charge in [-0.3, -0.25) is 4.79 Å². The molecule has 1 aliphatic rings. The summed E-state index contributed by atoms with van der Waals surface area (Å²) in [5.74, 6) is -0.121. The Balaban J connectivity index is 2.85. The first-order valence-electron chi connectivity index (χ1n) is 5.41. The smallest absolute Gasteiger partial charge is 0.316 e. The number of esters is 1. The Morgan fingerprint density at radius 1 is 1.47 bits per heavy atom. The van der Waals surface area contributed by atoms with Gasteiger partial charge in [-0.05, 0) is 41.0 Å². The maximum atomic E-state index is 11.9. The molecule has 15 heavy (non-hydrogen) atoms. The van der Waals surface area contributed by atoms with Crippen LogP contribution in [0.2, 0.25) is 0 Å². The van der Waals surface area contributed by atoms with Crippen LogP contribution in [-0.4, -0.2) is 12.1 Å². The van der Waals surface area contributed by atoms with Crippen LogP contribution < -0.4 is 0 Å². The van der Waals surface area contributed by atoms with Gasteiger partial charge in [0.05, 0.1) is 11.5 Å². The Labute approximate surface area is 92.0 Å². The van der Waals surface area contributed by atoms with E-state index in [0.717, 1.165) is 12.0 Å². The second-order valence-corrected chi connectivity index (χ2v) is 4.93. The fourth-order valence-corrected chi connectivity index (χ4v) is 2.09. The van der Waals surface area contributed by atoms with E-state index in [4.69, 9.17) is 4.74 Å². The summed E-state index contributed by atoms with van der Waals surface area (Å²) >= 11 is 0. The van der Waals surface area contributed by atoms with Gasteiger partial charge in [-0.25, -0.2) is 0 Å².